The van der Waals surface area contributed by atoms with Gasteiger partial charge in [0.15, 0.2) is 23.8 Å². The highest BCUT2D eigenvalue weighted by Crippen LogP contribution is 2.66. The lowest BCUT2D eigenvalue weighted by Gasteiger charge is -2.34. The molecule has 0 bridgehead atoms. The summed E-state index contributed by atoms with van der Waals surface area (Å²) in [7, 11) is -17.1. The van der Waals surface area contributed by atoms with Crippen molar-refractivity contribution in [3.63, 3.8) is 0 Å². The van der Waals surface area contributed by atoms with E-state index in [1.165, 1.54) is 0 Å². The second kappa shape index (κ2) is 9.28. The molecule has 0 amide bonds. The number of aliphatic hydroxyl groups excluding tert-OH is 1. The van der Waals surface area contributed by atoms with Crippen LogP contribution < -0.4 is 5.32 Å². The van der Waals surface area contributed by atoms with Crippen molar-refractivity contribution in [3.8, 4) is 12.3 Å². The van der Waals surface area contributed by atoms with Gasteiger partial charge in [-0.1, -0.05) is 24.7 Å². The van der Waals surface area contributed by atoms with Gasteiger partial charge in [0.2, 0.25) is 0 Å². The Morgan fingerprint density at radius 2 is 1.91 bits per heavy atom. The van der Waals surface area contributed by atoms with Gasteiger partial charge in [-0.25, -0.2) is 22.5 Å². The lowest BCUT2D eigenvalue weighted by atomic mass is 9.98. The predicted octanol–water partition coefficient (Wildman–Crippen LogP) is 0.272. The first-order valence-electron chi connectivity index (χ1n) is 7.84. The Balaban J connectivity index is 2.20. The quantitative estimate of drug-likeness (QED) is 0.138. The van der Waals surface area contributed by atoms with Crippen molar-refractivity contribution in [2.45, 2.75) is 24.1 Å². The van der Waals surface area contributed by atoms with Gasteiger partial charge in [-0.3, -0.25) is 4.52 Å². The molecule has 2 rings (SSSR count). The van der Waals surface area contributed by atoms with Gasteiger partial charge in [-0.05, 0) is 0 Å². The van der Waals surface area contributed by atoms with Crippen molar-refractivity contribution >= 4 is 40.7 Å². The number of nitrogens with one attached hydrogen (secondary N) is 1. The molecule has 0 aromatic rings. The fourth-order valence-electron chi connectivity index (χ4n) is 2.48. The van der Waals surface area contributed by atoms with Crippen molar-refractivity contribution < 1.29 is 65.0 Å². The summed E-state index contributed by atoms with van der Waals surface area (Å²) in [5.41, 5.74) is -2.52. The van der Waals surface area contributed by atoms with E-state index >= 15 is 0 Å². The molecular weight excluding hydrogens is 527 g/mol. The van der Waals surface area contributed by atoms with E-state index in [1.807, 2.05) is 0 Å². The average Bonchev–Trinajstić information content (AvgIpc) is 2.85. The summed E-state index contributed by atoms with van der Waals surface area (Å²) in [5.74, 6) is 0.626. The minimum absolute atomic E-state index is 0.169. The molecule has 6 N–H and O–H groups in total. The van der Waals surface area contributed by atoms with Gasteiger partial charge in [0.1, 0.15) is 23.5 Å². The molecule has 32 heavy (non-hydrogen) atoms. The molecule has 1 fully saturated rings. The van der Waals surface area contributed by atoms with Crippen LogP contribution in [0.3, 0.4) is 0 Å². The number of terminal acetylenes is 1. The molecule has 20 heteroatoms. The molecule has 1 saturated heterocycles. The van der Waals surface area contributed by atoms with E-state index in [2.05, 4.69) is 37.3 Å². The SMILES string of the molecule is C#CC1(COP(=O)(O)OP(=O)(O)OP(=O)(O)O)OC(N2C=C(F)C(=S)NC2=C)C(F)C1O. The summed E-state index contributed by atoms with van der Waals surface area (Å²) in [4.78, 5) is 36.0. The third kappa shape index (κ3) is 6.28. The van der Waals surface area contributed by atoms with Crippen molar-refractivity contribution in [1.82, 2.24) is 10.2 Å². The van der Waals surface area contributed by atoms with E-state index in [4.69, 9.17) is 25.8 Å². The topological polar surface area (TPSA) is 205 Å². The third-order valence-electron chi connectivity index (χ3n) is 3.80. The van der Waals surface area contributed by atoms with Gasteiger partial charge in [0.05, 0.1) is 0 Å². The number of rotatable bonds is 8. The monoisotopic (exact) mass is 542 g/mol. The van der Waals surface area contributed by atoms with Crippen LogP contribution in [0.25, 0.3) is 0 Å². The van der Waals surface area contributed by atoms with Crippen LogP contribution in [0, 0.1) is 12.3 Å². The largest absolute Gasteiger partial charge is 0.490 e. The minimum atomic E-state index is -5.83. The summed E-state index contributed by atoms with van der Waals surface area (Å²) in [6.45, 7) is 2.13. The van der Waals surface area contributed by atoms with Gasteiger partial charge in [0, 0.05) is 6.20 Å². The number of alkyl halides is 1. The fraction of sp³-hybridized carbons (Fsp3) is 0.417. The molecule has 0 spiro atoms. The first-order valence-corrected chi connectivity index (χ1v) is 12.8. The molecule has 0 saturated carbocycles. The third-order valence-corrected chi connectivity index (χ3v) is 7.88. The molecule has 0 aromatic heterocycles. The molecule has 2 heterocycles. The summed E-state index contributed by atoms with van der Waals surface area (Å²) in [6, 6.07) is 0. The van der Waals surface area contributed by atoms with Crippen LogP contribution in [0.4, 0.5) is 8.78 Å². The first-order chi connectivity index (χ1) is 14.4. The number of aliphatic hydroxyl groups is 1. The standard InChI is InChI=1S/C12H15F2N2O12P3S/c1-3-12(5-25-30(21,22)28-31(23,24)27-29(18,19)20)9(17)8(14)11(26-12)16-4-7(13)10(32)15-6(16)2/h1,4,8-9,11,17H,2,5H2,(H,15,32)(H,21,22)(H,23,24)(H2,18,19,20). The maximum absolute atomic E-state index is 14.7. The highest BCUT2D eigenvalue weighted by atomic mass is 32.1. The molecular formula is C12H15F2N2O12P3S. The highest BCUT2D eigenvalue weighted by molar-refractivity contribution is 7.80. The Labute approximate surface area is 183 Å². The normalized spacial score (nSPS) is 32.5. The molecule has 2 aliphatic rings. The number of halogens is 2. The van der Waals surface area contributed by atoms with Crippen LogP contribution in [0.5, 0.6) is 0 Å². The number of nitrogens with zero attached hydrogens (tertiary/aromatic N) is 1. The molecule has 0 aliphatic carbocycles. The molecule has 6 unspecified atom stereocenters. The zero-order chi connectivity index (χ0) is 24.7. The summed E-state index contributed by atoms with van der Waals surface area (Å²) in [5, 5.41) is 12.5. The molecule has 0 aromatic carbocycles. The zero-order valence-corrected chi connectivity index (χ0v) is 18.8. The van der Waals surface area contributed by atoms with Gasteiger partial charge < -0.3 is 39.6 Å². The van der Waals surface area contributed by atoms with E-state index < -0.39 is 60.0 Å². The van der Waals surface area contributed by atoms with Gasteiger partial charge >= 0.3 is 23.5 Å². The summed E-state index contributed by atoms with van der Waals surface area (Å²) in [6.07, 6.45) is -0.513. The maximum atomic E-state index is 14.7. The van der Waals surface area contributed by atoms with E-state index in [0.29, 0.717) is 6.20 Å². The van der Waals surface area contributed by atoms with Gasteiger partial charge in [-0.15, -0.1) is 6.42 Å². The van der Waals surface area contributed by atoms with Crippen LogP contribution in [0.2, 0.25) is 0 Å². The van der Waals surface area contributed by atoms with Crippen LogP contribution >= 0.6 is 35.7 Å². The Hall–Kier alpha value is -1.08. The maximum Gasteiger partial charge on any atom is 0.490 e. The molecule has 14 nitrogen and oxygen atoms in total. The second-order valence-electron chi connectivity index (χ2n) is 6.08. The van der Waals surface area contributed by atoms with Crippen LogP contribution in [-0.2, 0) is 31.6 Å². The van der Waals surface area contributed by atoms with Crippen molar-refractivity contribution in [2.75, 3.05) is 6.61 Å². The second-order valence-corrected chi connectivity index (χ2v) is 10.9. The number of thiocarbonyl (C=S) groups is 1. The number of hydrogen-bond donors (Lipinski definition) is 6. The molecule has 2 aliphatic heterocycles. The Bertz CT molecular complexity index is 1030. The van der Waals surface area contributed by atoms with E-state index in [-0.39, 0.29) is 10.8 Å². The number of hydrogen-bond acceptors (Lipinski definition) is 10. The van der Waals surface area contributed by atoms with Gasteiger partial charge in [0.25, 0.3) is 0 Å². The van der Waals surface area contributed by atoms with Crippen LogP contribution in [0.15, 0.2) is 24.4 Å². The smallest absolute Gasteiger partial charge is 0.386 e. The fourth-order valence-corrected chi connectivity index (χ4v) is 5.70. The average molecular weight is 542 g/mol. The lowest BCUT2D eigenvalue weighted by Crippen LogP contribution is -2.45. The van der Waals surface area contributed by atoms with Gasteiger partial charge in [-0.2, -0.15) is 8.62 Å². The predicted molar refractivity (Wildman–Crippen MR) is 103 cm³/mol. The zero-order valence-electron chi connectivity index (χ0n) is 15.3. The molecule has 0 radical (unpaired) electrons. The Kier molecular flexibility index (Phi) is 7.88. The van der Waals surface area contributed by atoms with Crippen LogP contribution in [0.1, 0.15) is 0 Å². The minimum Gasteiger partial charge on any atom is -0.386 e. The number of phosphoric ester groups is 1. The Morgan fingerprint density at radius 3 is 2.44 bits per heavy atom. The highest BCUT2D eigenvalue weighted by Gasteiger charge is 2.58. The molecule has 180 valence electrons. The van der Waals surface area contributed by atoms with Crippen LogP contribution in [-0.4, -0.2) is 65.3 Å². The number of phosphoric acid groups is 3. The van der Waals surface area contributed by atoms with E-state index in [9.17, 15) is 32.5 Å². The first kappa shape index (κ1) is 27.2. The van der Waals surface area contributed by atoms with Crippen molar-refractivity contribution in [1.29, 1.82) is 0 Å². The van der Waals surface area contributed by atoms with Crippen molar-refractivity contribution in [3.05, 3.63) is 24.4 Å². The number of ether oxygens (including phenoxy) is 1. The Morgan fingerprint density at radius 1 is 1.31 bits per heavy atom. The van der Waals surface area contributed by atoms with E-state index in [1.54, 1.807) is 5.92 Å². The molecule has 6 atom stereocenters. The summed E-state index contributed by atoms with van der Waals surface area (Å²) >= 11 is 4.66. The lowest BCUT2D eigenvalue weighted by molar-refractivity contribution is -0.0994. The summed E-state index contributed by atoms with van der Waals surface area (Å²) < 4.78 is 79.0. The van der Waals surface area contributed by atoms with E-state index in [0.717, 1.165) is 4.90 Å². The van der Waals surface area contributed by atoms with Crippen molar-refractivity contribution in [2.24, 2.45) is 0 Å².